The van der Waals surface area contributed by atoms with Crippen LogP contribution >= 0.6 is 0 Å². The van der Waals surface area contributed by atoms with Crippen molar-refractivity contribution in [1.82, 2.24) is 19.9 Å². The van der Waals surface area contributed by atoms with Crippen molar-refractivity contribution in [2.24, 2.45) is 17.8 Å². The maximum absolute atomic E-state index is 14.1. The number of carbonyl (C=O) groups excluding carboxylic acids is 3. The maximum Gasteiger partial charge on any atom is 0.264 e. The number of pyridine rings is 1. The molecule has 3 fully saturated rings. The average molecular weight is 669 g/mol. The minimum Gasteiger partial charge on any atom is -0.489 e. The Bertz CT molecular complexity index is 1630. The number of nitrogens with one attached hydrogen (secondary N) is 2. The molecule has 1 aromatic heterocycles. The minimum atomic E-state index is -2.01. The van der Waals surface area contributed by atoms with E-state index in [4.69, 9.17) is 23.1 Å². The molecular formula is C33H40N4O9S. The number of rotatable bonds is 8. The monoisotopic (exact) mass is 668 g/mol. The molecule has 14 heteroatoms. The number of fused-ring (bicyclic) bond motifs is 5. The number of carbonyl (C=O) groups is 3. The fraction of sp³-hybridized carbons (Fsp3) is 0.576. The molecular weight excluding hydrogens is 628 g/mol. The predicted molar refractivity (Wildman–Crippen MR) is 170 cm³/mol. The van der Waals surface area contributed by atoms with Gasteiger partial charge in [0.05, 0.1) is 24.5 Å². The fourth-order valence-corrected chi connectivity index (χ4v) is 7.61. The van der Waals surface area contributed by atoms with E-state index in [1.54, 1.807) is 24.1 Å². The van der Waals surface area contributed by atoms with E-state index in [1.807, 2.05) is 25.1 Å². The first-order valence-electron chi connectivity index (χ1n) is 16.4. The number of hydrogen-bond donors (Lipinski definition) is 2. The second-order valence-electron chi connectivity index (χ2n) is 12.9. The molecule has 2 aliphatic heterocycles. The van der Waals surface area contributed by atoms with Gasteiger partial charge in [-0.2, -0.15) is 0 Å². The number of amides is 3. The van der Waals surface area contributed by atoms with Gasteiger partial charge in [-0.15, -0.1) is 0 Å². The van der Waals surface area contributed by atoms with Crippen molar-refractivity contribution in [3.8, 4) is 23.1 Å². The van der Waals surface area contributed by atoms with Crippen LogP contribution in [0.25, 0.3) is 10.9 Å². The molecule has 0 spiro atoms. The first-order valence-corrected chi connectivity index (χ1v) is 17.5. The molecule has 3 saturated carbocycles. The lowest BCUT2D eigenvalue weighted by Crippen LogP contribution is -2.53. The van der Waals surface area contributed by atoms with E-state index in [9.17, 15) is 18.6 Å². The zero-order valence-corrected chi connectivity index (χ0v) is 27.3. The van der Waals surface area contributed by atoms with Crippen molar-refractivity contribution < 1.29 is 41.7 Å². The smallest absolute Gasteiger partial charge is 0.264 e. The van der Waals surface area contributed by atoms with Crippen molar-refractivity contribution >= 4 is 39.9 Å². The lowest BCUT2D eigenvalue weighted by molar-refractivity contribution is -0.140. The molecule has 0 saturated heterocycles. The van der Waals surface area contributed by atoms with Crippen LogP contribution in [0.5, 0.6) is 23.1 Å². The van der Waals surface area contributed by atoms with E-state index in [-0.39, 0.29) is 31.1 Å². The van der Waals surface area contributed by atoms with Crippen molar-refractivity contribution in [3.63, 3.8) is 0 Å². The Morgan fingerprint density at radius 1 is 1.17 bits per heavy atom. The summed E-state index contributed by atoms with van der Waals surface area (Å²) >= 11 is -2.01. The zero-order valence-electron chi connectivity index (χ0n) is 26.5. The van der Waals surface area contributed by atoms with Gasteiger partial charge in [0, 0.05) is 31.0 Å². The summed E-state index contributed by atoms with van der Waals surface area (Å²) in [5.74, 6) is -0.825. The van der Waals surface area contributed by atoms with Crippen LogP contribution in [0.15, 0.2) is 30.4 Å². The number of nitrogens with zero attached hydrogens (tertiary/aromatic N) is 2. The molecule has 3 heterocycles. The van der Waals surface area contributed by atoms with E-state index in [1.165, 1.54) is 0 Å². The molecule has 7 rings (SSSR count). The van der Waals surface area contributed by atoms with Gasteiger partial charge < -0.3 is 29.2 Å². The van der Waals surface area contributed by atoms with Gasteiger partial charge in [-0.25, -0.2) is 13.9 Å². The minimum absolute atomic E-state index is 0.0848. The summed E-state index contributed by atoms with van der Waals surface area (Å²) in [6, 6.07) is 5.36. The highest BCUT2D eigenvalue weighted by Crippen LogP contribution is 2.47. The summed E-state index contributed by atoms with van der Waals surface area (Å²) < 4.78 is 43.8. The van der Waals surface area contributed by atoms with Crippen LogP contribution in [-0.2, 0) is 29.8 Å². The summed E-state index contributed by atoms with van der Waals surface area (Å²) in [7, 11) is 1.77. The summed E-state index contributed by atoms with van der Waals surface area (Å²) in [5, 5.41) is 3.68. The van der Waals surface area contributed by atoms with Crippen molar-refractivity contribution in [2.75, 3.05) is 27.0 Å². The number of hydrogen-bond acceptors (Lipinski definition) is 10. The van der Waals surface area contributed by atoms with Gasteiger partial charge in [0.2, 0.25) is 24.5 Å². The Morgan fingerprint density at radius 2 is 2.00 bits per heavy atom. The molecule has 1 unspecified atom stereocenters. The second kappa shape index (κ2) is 12.9. The quantitative estimate of drug-likeness (QED) is 0.401. The van der Waals surface area contributed by atoms with Gasteiger partial charge in [0.15, 0.2) is 11.5 Å². The Balaban J connectivity index is 1.16. The molecule has 0 radical (unpaired) electrons. The largest absolute Gasteiger partial charge is 0.489 e. The lowest BCUT2D eigenvalue weighted by Gasteiger charge is -2.26. The van der Waals surface area contributed by atoms with E-state index in [2.05, 4.69) is 15.0 Å². The summed E-state index contributed by atoms with van der Waals surface area (Å²) in [6.45, 7) is 2.91. The van der Waals surface area contributed by atoms with Gasteiger partial charge in [-0.05, 0) is 70.4 Å². The van der Waals surface area contributed by atoms with Crippen LogP contribution in [0.1, 0.15) is 58.3 Å². The highest BCUT2D eigenvalue weighted by atomic mass is 32.2. The Morgan fingerprint density at radius 3 is 2.81 bits per heavy atom. The molecule has 252 valence electrons. The van der Waals surface area contributed by atoms with E-state index in [0.29, 0.717) is 60.0 Å². The molecule has 0 bridgehead atoms. The molecule has 6 atom stereocenters. The third-order valence-corrected chi connectivity index (χ3v) is 10.4. The highest BCUT2D eigenvalue weighted by molar-refractivity contribution is 7.78. The van der Waals surface area contributed by atoms with Crippen LogP contribution in [0.4, 0.5) is 0 Å². The van der Waals surface area contributed by atoms with Crippen molar-refractivity contribution in [1.29, 1.82) is 0 Å². The fourth-order valence-electron chi connectivity index (χ4n) is 6.79. The van der Waals surface area contributed by atoms with Gasteiger partial charge in [0.25, 0.3) is 17.2 Å². The predicted octanol–water partition coefficient (Wildman–Crippen LogP) is 3.08. The normalized spacial score (nSPS) is 30.0. The topological polar surface area (TPSA) is 155 Å². The Kier molecular flexibility index (Phi) is 8.73. The Hall–Kier alpha value is -3.91. The van der Waals surface area contributed by atoms with Crippen LogP contribution in [0.2, 0.25) is 0 Å². The third kappa shape index (κ3) is 6.49. The van der Waals surface area contributed by atoms with Gasteiger partial charge in [-0.1, -0.05) is 12.2 Å². The van der Waals surface area contributed by atoms with Crippen LogP contribution in [-0.4, -0.2) is 76.6 Å². The first-order chi connectivity index (χ1) is 22.8. The summed E-state index contributed by atoms with van der Waals surface area (Å²) in [5.41, 5.74) is -0.732. The summed E-state index contributed by atoms with van der Waals surface area (Å²) in [4.78, 5) is 47.8. The molecule has 3 aliphatic carbocycles. The molecule has 5 aliphatic rings. The molecule has 47 heavy (non-hydrogen) atoms. The molecule has 2 aromatic rings. The number of ether oxygens (including phenoxy) is 4. The van der Waals surface area contributed by atoms with E-state index >= 15 is 0 Å². The SMILES string of the molecule is CCOc1cc(O[C@@H]2C[C@H]3C(=O)N[C@]4(C(=O)NS(=O)OC5CC5)C[C@H]4/C=C\CCCCN(C)C(=O)[C@@H]3C2)c2ccc3c(c2n1)OCO3. The molecule has 1 aromatic carbocycles. The van der Waals surface area contributed by atoms with E-state index < -0.39 is 46.6 Å². The molecule has 13 nitrogen and oxygen atoms in total. The highest BCUT2D eigenvalue weighted by Gasteiger charge is 2.61. The maximum atomic E-state index is 14.1. The van der Waals surface area contributed by atoms with Crippen LogP contribution in [0, 0.1) is 17.8 Å². The van der Waals surface area contributed by atoms with Gasteiger partial charge in [0.1, 0.15) is 22.9 Å². The van der Waals surface area contributed by atoms with Crippen molar-refractivity contribution in [3.05, 3.63) is 30.4 Å². The Labute approximate surface area is 275 Å². The zero-order chi connectivity index (χ0) is 32.7. The standard InChI is InChI=1S/C33H40N4O9S/c1-3-42-27-16-26(22-11-12-25-29(28(22)34-27)44-18-43-25)45-21-14-23-24(15-21)31(39)37(2)13-7-5-4-6-8-19-17-33(19,35-30(23)38)32(40)36-47(41)46-20-9-10-20/h6,8,11-12,16,19-21,23-24H,3-5,7,9-10,13-15,17-18H2,1-2H3,(H,35,38)(H,36,40)/b8-6-/t19-,21-,23-,24-,33-,47?/m1/s1. The second-order valence-corrected chi connectivity index (χ2v) is 13.8. The van der Waals surface area contributed by atoms with E-state index in [0.717, 1.165) is 32.1 Å². The number of aromatic nitrogens is 1. The number of benzene rings is 1. The van der Waals surface area contributed by atoms with Gasteiger partial charge >= 0.3 is 0 Å². The average Bonchev–Trinajstić information content (AvgIpc) is 3.87. The van der Waals surface area contributed by atoms with Crippen LogP contribution < -0.4 is 29.0 Å². The molecule has 3 amide bonds. The van der Waals surface area contributed by atoms with Crippen molar-refractivity contribution in [2.45, 2.75) is 76.0 Å². The molecule has 2 N–H and O–H groups in total. The van der Waals surface area contributed by atoms with Gasteiger partial charge in [-0.3, -0.25) is 18.6 Å². The lowest BCUT2D eigenvalue weighted by atomic mass is 9.93. The third-order valence-electron chi connectivity index (χ3n) is 9.56. The number of allylic oxidation sites excluding steroid dienone is 1. The van der Waals surface area contributed by atoms with Crippen LogP contribution in [0.3, 0.4) is 0 Å². The summed E-state index contributed by atoms with van der Waals surface area (Å²) in [6.07, 6.45) is 8.36. The first kappa shape index (κ1) is 31.7.